The number of aromatic nitrogens is 2. The smallest absolute Gasteiger partial charge is 0.225 e. The molecule has 7 heteroatoms. The highest BCUT2D eigenvalue weighted by molar-refractivity contribution is 5.79. The molecule has 0 radical (unpaired) electrons. The van der Waals surface area contributed by atoms with Crippen molar-refractivity contribution in [1.82, 2.24) is 15.1 Å². The third-order valence-electron chi connectivity index (χ3n) is 6.92. The molecular weight excluding hydrogens is 426 g/mol. The number of nitrogens with zero attached hydrogens (tertiary/aromatic N) is 5. The lowest BCUT2D eigenvalue weighted by Crippen LogP contribution is -2.51. The molecule has 2 aliphatic heterocycles. The fourth-order valence-corrected chi connectivity index (χ4v) is 4.85. The van der Waals surface area contributed by atoms with Crippen molar-refractivity contribution in [2.75, 3.05) is 56.2 Å². The van der Waals surface area contributed by atoms with Crippen LogP contribution < -0.4 is 14.5 Å². The number of piperazine rings is 1. The summed E-state index contributed by atoms with van der Waals surface area (Å²) in [7, 11) is 1.68. The van der Waals surface area contributed by atoms with Gasteiger partial charge in [-0.05, 0) is 49.2 Å². The fraction of sp³-hybridized carbons (Fsp3) is 0.370. The lowest BCUT2D eigenvalue weighted by Gasteiger charge is -2.39. The molecule has 1 aromatic heterocycles. The molecule has 176 valence electrons. The monoisotopic (exact) mass is 457 g/mol. The summed E-state index contributed by atoms with van der Waals surface area (Å²) < 4.78 is 5.25. The molecule has 2 fully saturated rings. The van der Waals surface area contributed by atoms with Crippen molar-refractivity contribution in [2.45, 2.75) is 12.8 Å². The summed E-state index contributed by atoms with van der Waals surface area (Å²) >= 11 is 0. The van der Waals surface area contributed by atoms with Gasteiger partial charge in [0.15, 0.2) is 5.82 Å². The number of hydrogen-bond acceptors (Lipinski definition) is 6. The van der Waals surface area contributed by atoms with E-state index in [0.717, 1.165) is 74.9 Å². The van der Waals surface area contributed by atoms with E-state index in [4.69, 9.17) is 4.74 Å². The molecule has 2 aliphatic rings. The molecule has 5 rings (SSSR count). The Kier molecular flexibility index (Phi) is 6.60. The molecule has 3 heterocycles. The summed E-state index contributed by atoms with van der Waals surface area (Å²) in [5.74, 6) is 2.15. The van der Waals surface area contributed by atoms with E-state index in [9.17, 15) is 4.79 Å². The van der Waals surface area contributed by atoms with E-state index in [2.05, 4.69) is 37.0 Å². The van der Waals surface area contributed by atoms with E-state index in [1.54, 1.807) is 7.11 Å². The lowest BCUT2D eigenvalue weighted by atomic mass is 9.95. The Balaban J connectivity index is 1.11. The number of carbonyl (C=O) groups is 1. The van der Waals surface area contributed by atoms with Gasteiger partial charge >= 0.3 is 0 Å². The van der Waals surface area contributed by atoms with Crippen LogP contribution in [0.3, 0.4) is 0 Å². The molecule has 3 aromatic rings. The highest BCUT2D eigenvalue weighted by Gasteiger charge is 2.31. The van der Waals surface area contributed by atoms with E-state index in [1.165, 1.54) is 5.69 Å². The van der Waals surface area contributed by atoms with Gasteiger partial charge in [-0.15, -0.1) is 10.2 Å². The van der Waals surface area contributed by atoms with Gasteiger partial charge in [-0.3, -0.25) is 4.79 Å². The van der Waals surface area contributed by atoms with Crippen LogP contribution in [-0.4, -0.2) is 67.4 Å². The van der Waals surface area contributed by atoms with Gasteiger partial charge in [0, 0.05) is 56.4 Å². The Morgan fingerprint density at radius 1 is 0.794 bits per heavy atom. The topological polar surface area (TPSA) is 61.8 Å². The first-order valence-corrected chi connectivity index (χ1v) is 12.0. The quantitative estimate of drug-likeness (QED) is 0.582. The lowest BCUT2D eigenvalue weighted by molar-refractivity contribution is -0.136. The molecule has 0 atom stereocenters. The molecule has 0 saturated carbocycles. The van der Waals surface area contributed by atoms with Gasteiger partial charge < -0.3 is 19.4 Å². The minimum atomic E-state index is 0.0975. The van der Waals surface area contributed by atoms with Crippen LogP contribution in [0.25, 0.3) is 11.3 Å². The van der Waals surface area contributed by atoms with Gasteiger partial charge in [0.2, 0.25) is 5.91 Å². The molecule has 2 saturated heterocycles. The first-order valence-electron chi connectivity index (χ1n) is 12.0. The second-order valence-electron chi connectivity index (χ2n) is 8.91. The van der Waals surface area contributed by atoms with Crippen molar-refractivity contribution >= 4 is 17.4 Å². The molecule has 34 heavy (non-hydrogen) atoms. The van der Waals surface area contributed by atoms with Crippen LogP contribution in [0.5, 0.6) is 5.75 Å². The molecule has 0 unspecified atom stereocenters. The first-order chi connectivity index (χ1) is 16.7. The van der Waals surface area contributed by atoms with Crippen molar-refractivity contribution in [3.63, 3.8) is 0 Å². The van der Waals surface area contributed by atoms with Gasteiger partial charge in [0.1, 0.15) is 5.75 Å². The van der Waals surface area contributed by atoms with E-state index < -0.39 is 0 Å². The van der Waals surface area contributed by atoms with Crippen molar-refractivity contribution in [3.05, 3.63) is 66.7 Å². The maximum absolute atomic E-state index is 13.2. The Hall–Kier alpha value is -3.61. The highest BCUT2D eigenvalue weighted by atomic mass is 16.5. The summed E-state index contributed by atoms with van der Waals surface area (Å²) in [6.07, 6.45) is 1.72. The van der Waals surface area contributed by atoms with Gasteiger partial charge in [-0.2, -0.15) is 0 Å². The molecule has 0 aliphatic carbocycles. The molecule has 2 aromatic carbocycles. The summed E-state index contributed by atoms with van der Waals surface area (Å²) in [5, 5.41) is 8.87. The Bertz CT molecular complexity index is 1070. The molecule has 0 spiro atoms. The SMILES string of the molecule is COc1ccc(N2CCN(C(=O)C3CCN(c4ccc(-c5ccccc5)nn4)CC3)CC2)cc1. The number of methoxy groups -OCH3 is 1. The second-order valence-corrected chi connectivity index (χ2v) is 8.91. The van der Waals surface area contributed by atoms with Crippen molar-refractivity contribution in [2.24, 2.45) is 5.92 Å². The van der Waals surface area contributed by atoms with Crippen molar-refractivity contribution < 1.29 is 9.53 Å². The maximum Gasteiger partial charge on any atom is 0.225 e. The van der Waals surface area contributed by atoms with Crippen LogP contribution in [-0.2, 0) is 4.79 Å². The highest BCUT2D eigenvalue weighted by Crippen LogP contribution is 2.26. The van der Waals surface area contributed by atoms with Crippen LogP contribution in [0.4, 0.5) is 11.5 Å². The number of piperidine rings is 1. The zero-order valence-electron chi connectivity index (χ0n) is 19.6. The first kappa shape index (κ1) is 22.2. The predicted molar refractivity (Wildman–Crippen MR) is 134 cm³/mol. The molecule has 0 N–H and O–H groups in total. The molecule has 0 bridgehead atoms. The Labute approximate surface area is 201 Å². The zero-order valence-corrected chi connectivity index (χ0v) is 19.6. The van der Waals surface area contributed by atoms with Crippen LogP contribution in [0.1, 0.15) is 12.8 Å². The van der Waals surface area contributed by atoms with E-state index in [0.29, 0.717) is 5.91 Å². The summed E-state index contributed by atoms with van der Waals surface area (Å²) in [6, 6.07) is 22.3. The molecular formula is C27H31N5O2. The minimum Gasteiger partial charge on any atom is -0.497 e. The van der Waals surface area contributed by atoms with Gasteiger partial charge in [-0.1, -0.05) is 30.3 Å². The number of hydrogen-bond donors (Lipinski definition) is 0. The average Bonchev–Trinajstić information content (AvgIpc) is 2.93. The Morgan fingerprint density at radius 2 is 1.50 bits per heavy atom. The second kappa shape index (κ2) is 10.1. The van der Waals surface area contributed by atoms with E-state index >= 15 is 0 Å². The standard InChI is InChI=1S/C27H31N5O2/c1-34-24-9-7-23(8-10-24)30-17-19-32(20-18-30)27(33)22-13-15-31(16-14-22)26-12-11-25(28-29-26)21-5-3-2-4-6-21/h2-12,22H,13-20H2,1H3. The van der Waals surface area contributed by atoms with E-state index in [1.807, 2.05) is 54.6 Å². The minimum absolute atomic E-state index is 0.0975. The number of ether oxygens (including phenoxy) is 1. The fourth-order valence-electron chi connectivity index (χ4n) is 4.85. The van der Waals surface area contributed by atoms with E-state index in [-0.39, 0.29) is 5.92 Å². The average molecular weight is 458 g/mol. The summed E-state index contributed by atoms with van der Waals surface area (Å²) in [6.45, 7) is 4.94. The summed E-state index contributed by atoms with van der Waals surface area (Å²) in [5.41, 5.74) is 3.13. The van der Waals surface area contributed by atoms with Crippen LogP contribution in [0.15, 0.2) is 66.7 Å². The number of amides is 1. The number of carbonyl (C=O) groups excluding carboxylic acids is 1. The third kappa shape index (κ3) is 4.83. The number of benzene rings is 2. The zero-order chi connectivity index (χ0) is 23.3. The third-order valence-corrected chi connectivity index (χ3v) is 6.92. The number of rotatable bonds is 5. The summed E-state index contributed by atoms with van der Waals surface area (Å²) in [4.78, 5) is 19.8. The van der Waals surface area contributed by atoms with Gasteiger partial charge in [0.25, 0.3) is 0 Å². The van der Waals surface area contributed by atoms with Gasteiger partial charge in [0.05, 0.1) is 12.8 Å². The normalized spacial score (nSPS) is 17.0. The maximum atomic E-state index is 13.2. The van der Waals surface area contributed by atoms with Crippen LogP contribution >= 0.6 is 0 Å². The van der Waals surface area contributed by atoms with Gasteiger partial charge in [-0.25, -0.2) is 0 Å². The van der Waals surface area contributed by atoms with Crippen molar-refractivity contribution in [3.8, 4) is 17.0 Å². The van der Waals surface area contributed by atoms with Crippen LogP contribution in [0, 0.1) is 5.92 Å². The van der Waals surface area contributed by atoms with Crippen molar-refractivity contribution in [1.29, 1.82) is 0 Å². The predicted octanol–water partition coefficient (Wildman–Crippen LogP) is 3.72. The Morgan fingerprint density at radius 3 is 2.12 bits per heavy atom. The van der Waals surface area contributed by atoms with Crippen LogP contribution in [0.2, 0.25) is 0 Å². The largest absolute Gasteiger partial charge is 0.497 e. The number of anilines is 2. The molecule has 1 amide bonds. The molecule has 7 nitrogen and oxygen atoms in total.